The summed E-state index contributed by atoms with van der Waals surface area (Å²) in [5.41, 5.74) is 1.54. The molecule has 1 aromatic rings. The average molecular weight is 310 g/mol. The van der Waals surface area contributed by atoms with Gasteiger partial charge in [-0.2, -0.15) is 0 Å². The fraction of sp³-hybridized carbons (Fsp3) is 0.647. The summed E-state index contributed by atoms with van der Waals surface area (Å²) in [6.07, 6.45) is 0.591. The van der Waals surface area contributed by atoms with Crippen LogP contribution >= 0.6 is 0 Å². The molecule has 1 saturated heterocycles. The van der Waals surface area contributed by atoms with Crippen LogP contribution in [0.25, 0.3) is 0 Å². The number of hydrogen-bond acceptors (Lipinski definition) is 4. The van der Waals surface area contributed by atoms with Crippen LogP contribution in [0.15, 0.2) is 18.2 Å². The van der Waals surface area contributed by atoms with Gasteiger partial charge in [0, 0.05) is 26.2 Å². The molecular weight excluding hydrogens is 283 g/mol. The first-order valence-corrected chi connectivity index (χ1v) is 8.11. The topological polar surface area (TPSA) is 44.7 Å². The van der Waals surface area contributed by atoms with Gasteiger partial charge in [-0.25, -0.2) is 4.39 Å². The highest BCUT2D eigenvalue weighted by Gasteiger charge is 2.15. The number of aliphatic hydroxyl groups excluding tert-OH is 1. The molecule has 1 fully saturated rings. The Labute approximate surface area is 132 Å². The number of nitrogens with one attached hydrogen (secondary N) is 1. The quantitative estimate of drug-likeness (QED) is 0.810. The number of anilines is 1. The minimum absolute atomic E-state index is 0.191. The Bertz CT molecular complexity index is 464. The van der Waals surface area contributed by atoms with Gasteiger partial charge in [0.15, 0.2) is 0 Å². The normalized spacial score (nSPS) is 18.3. The Kier molecular flexibility index (Phi) is 6.61. The number of benzene rings is 1. The van der Waals surface area contributed by atoms with Crippen LogP contribution in [0.3, 0.4) is 0 Å². The summed E-state index contributed by atoms with van der Waals surface area (Å²) >= 11 is 0. The van der Waals surface area contributed by atoms with Crippen LogP contribution < -0.4 is 10.2 Å². The predicted molar refractivity (Wildman–Crippen MR) is 86.6 cm³/mol. The molecule has 2 unspecified atom stereocenters. The van der Waals surface area contributed by atoms with E-state index in [4.69, 9.17) is 4.74 Å². The van der Waals surface area contributed by atoms with Crippen molar-refractivity contribution in [1.82, 2.24) is 5.32 Å². The van der Waals surface area contributed by atoms with Gasteiger partial charge in [-0.05, 0) is 23.6 Å². The van der Waals surface area contributed by atoms with E-state index in [1.54, 1.807) is 6.07 Å². The molecule has 0 spiro atoms. The summed E-state index contributed by atoms with van der Waals surface area (Å²) in [4.78, 5) is 2.02. The molecule has 0 saturated carbocycles. The molecule has 2 rings (SSSR count). The second-order valence-electron chi connectivity index (χ2n) is 5.97. The maximum absolute atomic E-state index is 14.2. The molecule has 0 bridgehead atoms. The molecule has 0 amide bonds. The van der Waals surface area contributed by atoms with Gasteiger partial charge in [0.1, 0.15) is 5.82 Å². The third kappa shape index (κ3) is 4.66. The highest BCUT2D eigenvalue weighted by atomic mass is 19.1. The van der Waals surface area contributed by atoms with Gasteiger partial charge in [-0.15, -0.1) is 0 Å². The molecule has 4 nitrogen and oxygen atoms in total. The molecular formula is C17H27FN2O2. The summed E-state index contributed by atoms with van der Waals surface area (Å²) in [5, 5.41) is 13.1. The number of aliphatic hydroxyl groups is 1. The van der Waals surface area contributed by atoms with Gasteiger partial charge in [-0.1, -0.05) is 26.3 Å². The second kappa shape index (κ2) is 8.46. The molecule has 1 heterocycles. The number of nitrogens with zero attached hydrogens (tertiary/aromatic N) is 1. The van der Waals surface area contributed by atoms with Crippen molar-refractivity contribution in [3.63, 3.8) is 0 Å². The predicted octanol–water partition coefficient (Wildman–Crippen LogP) is 2.16. The van der Waals surface area contributed by atoms with Crippen molar-refractivity contribution < 1.29 is 14.2 Å². The SMILES string of the molecule is CCC(C)C(O)CNCc1ccc(N2CCOCC2)c(F)c1. The van der Waals surface area contributed by atoms with Crippen molar-refractivity contribution in [2.24, 2.45) is 5.92 Å². The molecule has 0 aliphatic carbocycles. The van der Waals surface area contributed by atoms with Gasteiger partial charge in [-0.3, -0.25) is 0 Å². The molecule has 124 valence electrons. The maximum Gasteiger partial charge on any atom is 0.146 e. The monoisotopic (exact) mass is 310 g/mol. The average Bonchev–Trinajstić information content (AvgIpc) is 2.55. The Morgan fingerprint density at radius 1 is 1.36 bits per heavy atom. The first-order valence-electron chi connectivity index (χ1n) is 8.11. The van der Waals surface area contributed by atoms with Crippen molar-refractivity contribution in [1.29, 1.82) is 0 Å². The Hall–Kier alpha value is -1.17. The molecule has 22 heavy (non-hydrogen) atoms. The molecule has 2 atom stereocenters. The van der Waals surface area contributed by atoms with Crippen molar-refractivity contribution >= 4 is 5.69 Å². The number of rotatable bonds is 7. The van der Waals surface area contributed by atoms with Crippen LogP contribution in [-0.4, -0.2) is 44.1 Å². The first-order chi connectivity index (χ1) is 10.6. The molecule has 1 aromatic carbocycles. The number of morpholine rings is 1. The van der Waals surface area contributed by atoms with E-state index in [1.807, 2.05) is 24.0 Å². The number of halogens is 1. The van der Waals surface area contributed by atoms with E-state index in [-0.39, 0.29) is 17.8 Å². The summed E-state index contributed by atoms with van der Waals surface area (Å²) in [6, 6.07) is 5.35. The lowest BCUT2D eigenvalue weighted by molar-refractivity contribution is 0.113. The van der Waals surface area contributed by atoms with E-state index in [0.29, 0.717) is 32.0 Å². The summed E-state index contributed by atoms with van der Waals surface area (Å²) in [5.74, 6) is 0.0802. The van der Waals surface area contributed by atoms with E-state index in [2.05, 4.69) is 12.2 Å². The van der Waals surface area contributed by atoms with Crippen LogP contribution in [0.5, 0.6) is 0 Å². The third-order valence-electron chi connectivity index (χ3n) is 4.35. The van der Waals surface area contributed by atoms with Gasteiger partial charge in [0.2, 0.25) is 0 Å². The lowest BCUT2D eigenvalue weighted by Gasteiger charge is -2.29. The molecule has 1 aliphatic rings. The minimum atomic E-state index is -0.359. The van der Waals surface area contributed by atoms with Crippen molar-refractivity contribution in [2.45, 2.75) is 32.9 Å². The van der Waals surface area contributed by atoms with Crippen molar-refractivity contribution in [2.75, 3.05) is 37.7 Å². The minimum Gasteiger partial charge on any atom is -0.392 e. The number of hydrogen-bond donors (Lipinski definition) is 2. The zero-order valence-corrected chi connectivity index (χ0v) is 13.5. The maximum atomic E-state index is 14.2. The van der Waals surface area contributed by atoms with Crippen LogP contribution in [0.2, 0.25) is 0 Å². The zero-order chi connectivity index (χ0) is 15.9. The lowest BCUT2D eigenvalue weighted by atomic mass is 10.0. The van der Waals surface area contributed by atoms with E-state index >= 15 is 0 Å². The van der Waals surface area contributed by atoms with E-state index in [0.717, 1.165) is 25.1 Å². The fourth-order valence-corrected chi connectivity index (χ4v) is 2.56. The smallest absolute Gasteiger partial charge is 0.146 e. The molecule has 0 aromatic heterocycles. The summed E-state index contributed by atoms with van der Waals surface area (Å²) in [7, 11) is 0. The molecule has 1 aliphatic heterocycles. The van der Waals surface area contributed by atoms with Gasteiger partial charge in [0.25, 0.3) is 0 Å². The van der Waals surface area contributed by atoms with E-state index < -0.39 is 0 Å². The standard InChI is InChI=1S/C17H27FN2O2/c1-3-13(2)17(21)12-19-11-14-4-5-16(15(18)10-14)20-6-8-22-9-7-20/h4-5,10,13,17,19,21H,3,6-9,11-12H2,1-2H3. The van der Waals surface area contributed by atoms with Gasteiger partial charge < -0.3 is 20.1 Å². The molecule has 5 heteroatoms. The highest BCUT2D eigenvalue weighted by molar-refractivity contribution is 5.49. The van der Waals surface area contributed by atoms with Crippen LogP contribution in [0, 0.1) is 11.7 Å². The van der Waals surface area contributed by atoms with Crippen LogP contribution in [0.4, 0.5) is 10.1 Å². The zero-order valence-electron chi connectivity index (χ0n) is 13.5. The molecule has 2 N–H and O–H groups in total. The second-order valence-corrected chi connectivity index (χ2v) is 5.97. The van der Waals surface area contributed by atoms with E-state index in [9.17, 15) is 9.50 Å². The Morgan fingerprint density at radius 2 is 2.09 bits per heavy atom. The summed E-state index contributed by atoms with van der Waals surface area (Å²) in [6.45, 7) is 7.95. The molecule has 0 radical (unpaired) electrons. The lowest BCUT2D eigenvalue weighted by Crippen LogP contribution is -2.36. The Morgan fingerprint density at radius 3 is 2.73 bits per heavy atom. The third-order valence-corrected chi connectivity index (χ3v) is 4.35. The van der Waals surface area contributed by atoms with Gasteiger partial charge >= 0.3 is 0 Å². The van der Waals surface area contributed by atoms with Crippen LogP contribution in [0.1, 0.15) is 25.8 Å². The number of ether oxygens (including phenoxy) is 1. The first kappa shape index (κ1) is 17.2. The van der Waals surface area contributed by atoms with Crippen molar-refractivity contribution in [3.8, 4) is 0 Å². The van der Waals surface area contributed by atoms with Crippen molar-refractivity contribution in [3.05, 3.63) is 29.6 Å². The summed E-state index contributed by atoms with van der Waals surface area (Å²) < 4.78 is 19.5. The van der Waals surface area contributed by atoms with E-state index in [1.165, 1.54) is 0 Å². The highest BCUT2D eigenvalue weighted by Crippen LogP contribution is 2.21. The van der Waals surface area contributed by atoms with Gasteiger partial charge in [0.05, 0.1) is 25.0 Å². The largest absolute Gasteiger partial charge is 0.392 e. The Balaban J connectivity index is 1.86. The van der Waals surface area contributed by atoms with Crippen LogP contribution in [-0.2, 0) is 11.3 Å². The fourth-order valence-electron chi connectivity index (χ4n) is 2.56.